The smallest absolute Gasteiger partial charge is 0.191 e. The summed E-state index contributed by atoms with van der Waals surface area (Å²) in [5.74, 6) is 1.31. The molecule has 4 rings (SSSR count). The van der Waals surface area contributed by atoms with Crippen molar-refractivity contribution in [2.24, 2.45) is 0 Å². The number of hydrogen-bond donors (Lipinski definition) is 1. The van der Waals surface area contributed by atoms with E-state index in [1.807, 2.05) is 23.0 Å². The number of nitrogens with one attached hydrogen (secondary N) is 1. The molecule has 1 fully saturated rings. The van der Waals surface area contributed by atoms with E-state index in [-0.39, 0.29) is 6.23 Å². The van der Waals surface area contributed by atoms with E-state index in [9.17, 15) is 0 Å². The third kappa shape index (κ3) is 3.20. The summed E-state index contributed by atoms with van der Waals surface area (Å²) < 4.78 is 13.0. The van der Waals surface area contributed by atoms with E-state index >= 15 is 0 Å². The molecule has 0 aliphatic carbocycles. The third-order valence-electron chi connectivity index (χ3n) is 4.23. The van der Waals surface area contributed by atoms with Gasteiger partial charge in [-0.1, -0.05) is 23.4 Å². The van der Waals surface area contributed by atoms with Crippen LogP contribution in [0.25, 0.3) is 11.2 Å². The van der Waals surface area contributed by atoms with Gasteiger partial charge in [0.25, 0.3) is 0 Å². The van der Waals surface area contributed by atoms with Gasteiger partial charge < -0.3 is 14.8 Å². The van der Waals surface area contributed by atoms with Crippen LogP contribution in [0.4, 0.5) is 11.5 Å². The number of aromatic nitrogens is 4. The lowest BCUT2D eigenvalue weighted by atomic mass is 10.3. The topological polar surface area (TPSA) is 74.1 Å². The molecule has 0 amide bonds. The molecule has 1 saturated heterocycles. The lowest BCUT2D eigenvalue weighted by Crippen LogP contribution is -2.07. The highest BCUT2D eigenvalue weighted by molar-refractivity contribution is 7.98. The van der Waals surface area contributed by atoms with Crippen LogP contribution >= 0.6 is 23.4 Å². The normalized spacial score (nSPS) is 17.0. The molecule has 0 spiro atoms. The van der Waals surface area contributed by atoms with E-state index in [4.69, 9.17) is 21.1 Å². The van der Waals surface area contributed by atoms with Gasteiger partial charge in [-0.15, -0.1) is 0 Å². The number of ether oxygens (including phenoxy) is 2. The fraction of sp³-hybridized carbons (Fsp3) is 0.353. The maximum atomic E-state index is 6.35. The van der Waals surface area contributed by atoms with Crippen molar-refractivity contribution in [3.8, 4) is 5.75 Å². The zero-order valence-electron chi connectivity index (χ0n) is 14.4. The molecule has 3 aromatic rings. The van der Waals surface area contributed by atoms with E-state index in [0.717, 1.165) is 30.8 Å². The molecule has 1 aliphatic heterocycles. The van der Waals surface area contributed by atoms with Crippen molar-refractivity contribution < 1.29 is 9.47 Å². The minimum Gasteiger partial charge on any atom is -0.497 e. The Morgan fingerprint density at radius 2 is 2.27 bits per heavy atom. The molecule has 7 nitrogen and oxygen atoms in total. The van der Waals surface area contributed by atoms with Gasteiger partial charge in [-0.3, -0.25) is 4.57 Å². The fourth-order valence-electron chi connectivity index (χ4n) is 2.92. The van der Waals surface area contributed by atoms with Crippen LogP contribution in [0.15, 0.2) is 29.7 Å². The Kier molecular flexibility index (Phi) is 4.88. The van der Waals surface area contributed by atoms with Crippen LogP contribution in [0, 0.1) is 0 Å². The zero-order chi connectivity index (χ0) is 18.1. The summed E-state index contributed by atoms with van der Waals surface area (Å²) in [4.78, 5) is 13.7. The molecule has 1 atom stereocenters. The number of halogens is 1. The van der Waals surface area contributed by atoms with Crippen molar-refractivity contribution in [2.75, 3.05) is 25.3 Å². The van der Waals surface area contributed by atoms with Gasteiger partial charge in [-0.05, 0) is 31.2 Å². The van der Waals surface area contributed by atoms with Crippen molar-refractivity contribution >= 4 is 46.0 Å². The maximum absolute atomic E-state index is 6.35. The van der Waals surface area contributed by atoms with Crippen LogP contribution in [-0.4, -0.2) is 39.5 Å². The average Bonchev–Trinajstić information content (AvgIpc) is 3.32. The Balaban J connectivity index is 1.76. The minimum atomic E-state index is -0.0259. The summed E-state index contributed by atoms with van der Waals surface area (Å²) in [5, 5.41) is 4.48. The second-order valence-corrected chi connectivity index (χ2v) is 7.00. The standard InChI is InChI=1S/C17H18ClN5O2S/c1-24-10-5-6-12(11(18)8-10)20-15-14-16(22-17(21-15)26-2)23(9-19-14)13-4-3-7-25-13/h5-6,8-9,13H,3-4,7H2,1-2H3,(H,20,21,22). The van der Waals surface area contributed by atoms with E-state index in [1.165, 1.54) is 11.8 Å². The molecule has 1 N–H and O–H groups in total. The summed E-state index contributed by atoms with van der Waals surface area (Å²) in [6.45, 7) is 0.761. The van der Waals surface area contributed by atoms with Gasteiger partial charge in [-0.2, -0.15) is 0 Å². The average molecular weight is 392 g/mol. The Labute approximate surface area is 160 Å². The maximum Gasteiger partial charge on any atom is 0.191 e. The molecule has 0 bridgehead atoms. The number of rotatable bonds is 5. The first-order chi connectivity index (χ1) is 12.7. The first-order valence-electron chi connectivity index (χ1n) is 8.20. The number of nitrogens with zero attached hydrogens (tertiary/aromatic N) is 4. The summed E-state index contributed by atoms with van der Waals surface area (Å²) in [6.07, 6.45) is 5.68. The Hall–Kier alpha value is -2.03. The van der Waals surface area contributed by atoms with Gasteiger partial charge in [0.2, 0.25) is 0 Å². The molecule has 0 radical (unpaired) electrons. The van der Waals surface area contributed by atoms with Crippen molar-refractivity contribution in [1.29, 1.82) is 0 Å². The summed E-state index contributed by atoms with van der Waals surface area (Å²) in [5.41, 5.74) is 2.17. The minimum absolute atomic E-state index is 0.0259. The third-order valence-corrected chi connectivity index (χ3v) is 5.09. The summed E-state index contributed by atoms with van der Waals surface area (Å²) in [7, 11) is 1.61. The molecular weight excluding hydrogens is 374 g/mol. The molecule has 3 heterocycles. The first kappa shape index (κ1) is 17.4. The second-order valence-electron chi connectivity index (χ2n) is 5.82. The number of hydrogen-bond acceptors (Lipinski definition) is 7. The molecule has 9 heteroatoms. The molecule has 1 aromatic carbocycles. The zero-order valence-corrected chi connectivity index (χ0v) is 16.0. The molecule has 0 saturated carbocycles. The first-order valence-corrected chi connectivity index (χ1v) is 9.80. The lowest BCUT2D eigenvalue weighted by molar-refractivity contribution is 0.0592. The molecule has 1 aliphatic rings. The Morgan fingerprint density at radius 1 is 1.38 bits per heavy atom. The molecule has 2 aromatic heterocycles. The molecule has 1 unspecified atom stereocenters. The molecule has 26 heavy (non-hydrogen) atoms. The number of imidazole rings is 1. The number of methoxy groups -OCH3 is 1. The van der Waals surface area contributed by atoms with Crippen LogP contribution in [0.1, 0.15) is 19.1 Å². The van der Waals surface area contributed by atoms with Gasteiger partial charge >= 0.3 is 0 Å². The van der Waals surface area contributed by atoms with Crippen LogP contribution in [0.2, 0.25) is 5.02 Å². The lowest BCUT2D eigenvalue weighted by Gasteiger charge is -2.13. The Morgan fingerprint density at radius 3 is 2.96 bits per heavy atom. The number of fused-ring (bicyclic) bond motifs is 1. The fourth-order valence-corrected chi connectivity index (χ4v) is 3.50. The van der Waals surface area contributed by atoms with Crippen molar-refractivity contribution in [3.63, 3.8) is 0 Å². The van der Waals surface area contributed by atoms with E-state index < -0.39 is 0 Å². The van der Waals surface area contributed by atoms with E-state index in [0.29, 0.717) is 27.3 Å². The number of thioether (sulfide) groups is 1. The highest BCUT2D eigenvalue weighted by Gasteiger charge is 2.22. The van der Waals surface area contributed by atoms with Crippen LogP contribution < -0.4 is 10.1 Å². The highest BCUT2D eigenvalue weighted by Crippen LogP contribution is 2.33. The second kappa shape index (κ2) is 7.30. The monoisotopic (exact) mass is 391 g/mol. The number of anilines is 2. The van der Waals surface area contributed by atoms with Gasteiger partial charge in [0.1, 0.15) is 12.0 Å². The van der Waals surface area contributed by atoms with Crippen molar-refractivity contribution in [2.45, 2.75) is 24.2 Å². The quantitative estimate of drug-likeness (QED) is 0.514. The van der Waals surface area contributed by atoms with E-state index in [1.54, 1.807) is 19.5 Å². The van der Waals surface area contributed by atoms with Crippen LogP contribution in [-0.2, 0) is 4.74 Å². The van der Waals surface area contributed by atoms with Crippen LogP contribution in [0.5, 0.6) is 5.75 Å². The van der Waals surface area contributed by atoms with E-state index in [2.05, 4.69) is 20.3 Å². The van der Waals surface area contributed by atoms with Gasteiger partial charge in [0.05, 0.1) is 24.1 Å². The van der Waals surface area contributed by atoms with Crippen molar-refractivity contribution in [3.05, 3.63) is 29.5 Å². The highest BCUT2D eigenvalue weighted by atomic mass is 35.5. The number of benzene rings is 1. The van der Waals surface area contributed by atoms with Gasteiger partial charge in [-0.25, -0.2) is 15.0 Å². The summed E-state index contributed by atoms with van der Waals surface area (Å²) in [6, 6.07) is 5.45. The largest absolute Gasteiger partial charge is 0.497 e. The van der Waals surface area contributed by atoms with Gasteiger partial charge in [0.15, 0.2) is 22.1 Å². The Bertz CT molecular complexity index is 942. The van der Waals surface area contributed by atoms with Crippen LogP contribution in [0.3, 0.4) is 0 Å². The molecular formula is C17H18ClN5O2S. The van der Waals surface area contributed by atoms with Gasteiger partial charge in [0, 0.05) is 12.7 Å². The predicted octanol–water partition coefficient (Wildman–Crippen LogP) is 4.26. The molecule has 136 valence electrons. The predicted molar refractivity (Wildman–Crippen MR) is 103 cm³/mol. The summed E-state index contributed by atoms with van der Waals surface area (Å²) >= 11 is 7.83. The SMILES string of the molecule is COc1ccc(Nc2nc(SC)nc3c2ncn3C2CCCO2)c(Cl)c1. The van der Waals surface area contributed by atoms with Crippen molar-refractivity contribution in [1.82, 2.24) is 19.5 Å².